The molecule has 5 heteroatoms. The third-order valence-corrected chi connectivity index (χ3v) is 3.78. The first-order chi connectivity index (χ1) is 9.61. The van der Waals surface area contributed by atoms with Gasteiger partial charge in [-0.3, -0.25) is 0 Å². The molecular weight excluding hydrogens is 261 g/mol. The first-order valence-electron chi connectivity index (χ1n) is 6.73. The number of carboxylic acid groups (broad SMARTS) is 1. The Hall–Kier alpha value is -1.88. The maximum absolute atomic E-state index is 13.4. The molecule has 0 radical (unpaired) electrons. The highest BCUT2D eigenvalue weighted by molar-refractivity contribution is 5.87. The standard InChI is InChI=1S/C15H16FNO3/c16-11-2-5-14(10(7-11)1-6-15(18)19)17-8-12-3-4-13(9-17)20-12/h1-2,5-7,12-13H,3-4,8-9H2,(H,18,19). The van der Waals surface area contributed by atoms with Gasteiger partial charge in [0.15, 0.2) is 0 Å². The van der Waals surface area contributed by atoms with E-state index in [-0.39, 0.29) is 18.0 Å². The van der Waals surface area contributed by atoms with Crippen LogP contribution < -0.4 is 4.90 Å². The van der Waals surface area contributed by atoms with Crippen molar-refractivity contribution in [2.75, 3.05) is 18.0 Å². The van der Waals surface area contributed by atoms with Crippen LogP contribution in [0.5, 0.6) is 0 Å². The Kier molecular flexibility index (Phi) is 3.44. The van der Waals surface area contributed by atoms with Gasteiger partial charge in [0.05, 0.1) is 12.2 Å². The van der Waals surface area contributed by atoms with Crippen LogP contribution in [0.25, 0.3) is 6.08 Å². The summed E-state index contributed by atoms with van der Waals surface area (Å²) in [5.41, 5.74) is 1.46. The van der Waals surface area contributed by atoms with Crippen molar-refractivity contribution in [3.8, 4) is 0 Å². The van der Waals surface area contributed by atoms with E-state index in [4.69, 9.17) is 9.84 Å². The number of morpholine rings is 1. The van der Waals surface area contributed by atoms with Crippen molar-refractivity contribution in [2.45, 2.75) is 25.0 Å². The topological polar surface area (TPSA) is 49.8 Å². The van der Waals surface area contributed by atoms with E-state index in [9.17, 15) is 9.18 Å². The lowest BCUT2D eigenvalue weighted by Crippen LogP contribution is -2.42. The van der Waals surface area contributed by atoms with Crippen LogP contribution in [0.1, 0.15) is 18.4 Å². The number of anilines is 1. The molecule has 2 unspecified atom stereocenters. The Morgan fingerprint density at radius 1 is 1.35 bits per heavy atom. The molecule has 2 bridgehead atoms. The van der Waals surface area contributed by atoms with E-state index in [1.54, 1.807) is 6.07 Å². The average molecular weight is 277 g/mol. The number of carbonyl (C=O) groups is 1. The molecule has 2 atom stereocenters. The van der Waals surface area contributed by atoms with Crippen molar-refractivity contribution in [1.82, 2.24) is 0 Å². The minimum absolute atomic E-state index is 0.232. The Balaban J connectivity index is 1.90. The summed E-state index contributed by atoms with van der Waals surface area (Å²) in [7, 11) is 0. The van der Waals surface area contributed by atoms with Crippen molar-refractivity contribution in [1.29, 1.82) is 0 Å². The lowest BCUT2D eigenvalue weighted by molar-refractivity contribution is -0.131. The molecule has 3 rings (SSSR count). The number of hydrogen-bond donors (Lipinski definition) is 1. The minimum Gasteiger partial charge on any atom is -0.478 e. The van der Waals surface area contributed by atoms with E-state index in [0.717, 1.165) is 37.7 Å². The Bertz CT molecular complexity index is 546. The Labute approximate surface area is 116 Å². The highest BCUT2D eigenvalue weighted by atomic mass is 19.1. The summed E-state index contributed by atoms with van der Waals surface area (Å²) < 4.78 is 19.2. The molecule has 2 saturated heterocycles. The molecule has 20 heavy (non-hydrogen) atoms. The van der Waals surface area contributed by atoms with Gasteiger partial charge in [0.1, 0.15) is 5.82 Å². The second kappa shape index (κ2) is 5.25. The second-order valence-corrected chi connectivity index (χ2v) is 5.24. The molecule has 2 aliphatic heterocycles. The molecule has 4 nitrogen and oxygen atoms in total. The van der Waals surface area contributed by atoms with Gasteiger partial charge in [-0.25, -0.2) is 9.18 Å². The van der Waals surface area contributed by atoms with Gasteiger partial charge in [0.25, 0.3) is 0 Å². The summed E-state index contributed by atoms with van der Waals surface area (Å²) >= 11 is 0. The quantitative estimate of drug-likeness (QED) is 0.861. The lowest BCUT2D eigenvalue weighted by atomic mass is 10.1. The van der Waals surface area contributed by atoms with Crippen molar-refractivity contribution >= 4 is 17.7 Å². The molecule has 2 heterocycles. The van der Waals surface area contributed by atoms with Gasteiger partial charge in [-0.05, 0) is 37.1 Å². The van der Waals surface area contributed by atoms with E-state index < -0.39 is 5.97 Å². The van der Waals surface area contributed by atoms with E-state index in [2.05, 4.69) is 4.90 Å². The van der Waals surface area contributed by atoms with Crippen molar-refractivity contribution in [2.24, 2.45) is 0 Å². The summed E-state index contributed by atoms with van der Waals surface area (Å²) in [5.74, 6) is -1.41. The van der Waals surface area contributed by atoms with Crippen LogP contribution in [0.15, 0.2) is 24.3 Å². The molecule has 1 aromatic carbocycles. The molecule has 0 aromatic heterocycles. The molecule has 1 aromatic rings. The molecule has 106 valence electrons. The smallest absolute Gasteiger partial charge is 0.328 e. The van der Waals surface area contributed by atoms with Gasteiger partial charge in [-0.15, -0.1) is 0 Å². The molecule has 0 amide bonds. The van der Waals surface area contributed by atoms with E-state index in [1.807, 2.05) is 0 Å². The zero-order chi connectivity index (χ0) is 14.1. The fourth-order valence-corrected chi connectivity index (χ4v) is 2.92. The Morgan fingerprint density at radius 3 is 2.70 bits per heavy atom. The first-order valence-corrected chi connectivity index (χ1v) is 6.73. The maximum atomic E-state index is 13.4. The summed E-state index contributed by atoms with van der Waals surface area (Å²) in [6.07, 6.45) is 5.06. The van der Waals surface area contributed by atoms with E-state index >= 15 is 0 Å². The van der Waals surface area contributed by atoms with Crippen LogP contribution in [0, 0.1) is 5.82 Å². The van der Waals surface area contributed by atoms with Crippen LogP contribution in [0.4, 0.5) is 10.1 Å². The molecule has 2 fully saturated rings. The summed E-state index contributed by atoms with van der Waals surface area (Å²) in [6, 6.07) is 4.48. The highest BCUT2D eigenvalue weighted by Crippen LogP contribution is 2.32. The molecular formula is C15H16FNO3. The number of benzene rings is 1. The summed E-state index contributed by atoms with van der Waals surface area (Å²) in [4.78, 5) is 12.8. The van der Waals surface area contributed by atoms with Crippen LogP contribution in [0.3, 0.4) is 0 Å². The molecule has 2 aliphatic rings. The largest absolute Gasteiger partial charge is 0.478 e. The zero-order valence-electron chi connectivity index (χ0n) is 11.0. The number of fused-ring (bicyclic) bond motifs is 2. The fourth-order valence-electron chi connectivity index (χ4n) is 2.92. The van der Waals surface area contributed by atoms with Crippen LogP contribution in [0.2, 0.25) is 0 Å². The van der Waals surface area contributed by atoms with Gasteiger partial charge in [0, 0.05) is 30.4 Å². The van der Waals surface area contributed by atoms with Crippen molar-refractivity contribution in [3.05, 3.63) is 35.7 Å². The first kappa shape index (κ1) is 13.1. The van der Waals surface area contributed by atoms with Crippen LogP contribution >= 0.6 is 0 Å². The predicted molar refractivity (Wildman–Crippen MR) is 73.2 cm³/mol. The second-order valence-electron chi connectivity index (χ2n) is 5.24. The molecule has 0 spiro atoms. The van der Waals surface area contributed by atoms with Crippen LogP contribution in [-0.4, -0.2) is 36.4 Å². The number of halogens is 1. The van der Waals surface area contributed by atoms with Crippen molar-refractivity contribution < 1.29 is 19.0 Å². The third-order valence-electron chi connectivity index (χ3n) is 3.78. The van der Waals surface area contributed by atoms with Crippen LogP contribution in [-0.2, 0) is 9.53 Å². The maximum Gasteiger partial charge on any atom is 0.328 e. The van der Waals surface area contributed by atoms with Gasteiger partial charge >= 0.3 is 5.97 Å². The normalized spacial score (nSPS) is 25.4. The molecule has 0 aliphatic carbocycles. The lowest BCUT2D eigenvalue weighted by Gasteiger charge is -2.34. The monoisotopic (exact) mass is 277 g/mol. The summed E-state index contributed by atoms with van der Waals surface area (Å²) in [6.45, 7) is 1.55. The average Bonchev–Trinajstić information content (AvgIpc) is 2.75. The summed E-state index contributed by atoms with van der Waals surface area (Å²) in [5, 5.41) is 8.73. The number of hydrogen-bond acceptors (Lipinski definition) is 3. The van der Waals surface area contributed by atoms with E-state index in [0.29, 0.717) is 5.56 Å². The fraction of sp³-hybridized carbons (Fsp3) is 0.400. The van der Waals surface area contributed by atoms with Crippen molar-refractivity contribution in [3.63, 3.8) is 0 Å². The van der Waals surface area contributed by atoms with Gasteiger partial charge < -0.3 is 14.7 Å². The predicted octanol–water partition coefficient (Wildman–Crippen LogP) is 2.29. The number of rotatable bonds is 3. The van der Waals surface area contributed by atoms with E-state index in [1.165, 1.54) is 18.2 Å². The number of carboxylic acids is 1. The molecule has 1 N–H and O–H groups in total. The van der Waals surface area contributed by atoms with Gasteiger partial charge in [-0.1, -0.05) is 0 Å². The third kappa shape index (κ3) is 2.67. The number of nitrogens with zero attached hydrogens (tertiary/aromatic N) is 1. The number of aliphatic carboxylic acids is 1. The Morgan fingerprint density at radius 2 is 2.05 bits per heavy atom. The number of ether oxygens (including phenoxy) is 1. The van der Waals surface area contributed by atoms with Gasteiger partial charge in [0.2, 0.25) is 0 Å². The minimum atomic E-state index is -1.04. The molecule has 0 saturated carbocycles. The highest BCUT2D eigenvalue weighted by Gasteiger charge is 2.34. The van der Waals surface area contributed by atoms with Gasteiger partial charge in [-0.2, -0.15) is 0 Å². The SMILES string of the molecule is O=C(O)C=Cc1cc(F)ccc1N1CC2CCC(C1)O2. The zero-order valence-corrected chi connectivity index (χ0v) is 11.0.